The predicted molar refractivity (Wildman–Crippen MR) is 50.9 cm³/mol. The summed E-state index contributed by atoms with van der Waals surface area (Å²) in [5.41, 5.74) is 8.13. The average Bonchev–Trinajstić information content (AvgIpc) is 2.74. The van der Waals surface area contributed by atoms with Gasteiger partial charge in [0.2, 0.25) is 0 Å². The van der Waals surface area contributed by atoms with E-state index in [1.165, 1.54) is 0 Å². The summed E-state index contributed by atoms with van der Waals surface area (Å²) in [6.45, 7) is 3.29. The molecule has 14 heavy (non-hydrogen) atoms. The van der Waals surface area contributed by atoms with E-state index in [1.807, 2.05) is 0 Å². The van der Waals surface area contributed by atoms with Crippen molar-refractivity contribution in [1.82, 2.24) is 0 Å². The Labute approximate surface area is 83.0 Å². The Morgan fingerprint density at radius 3 is 3.07 bits per heavy atom. The average molecular weight is 197 g/mol. The van der Waals surface area contributed by atoms with Gasteiger partial charge in [-0.25, -0.2) is 0 Å². The molecule has 2 aliphatic rings. The summed E-state index contributed by atoms with van der Waals surface area (Å²) >= 11 is 0. The fourth-order valence-electron chi connectivity index (χ4n) is 2.36. The maximum Gasteiger partial charge on any atom is 0.0966 e. The van der Waals surface area contributed by atoms with E-state index < -0.39 is 0 Å². The first-order valence-corrected chi connectivity index (χ1v) is 5.07. The molecule has 0 amide bonds. The Morgan fingerprint density at radius 2 is 2.43 bits per heavy atom. The Balaban J connectivity index is 1.96. The van der Waals surface area contributed by atoms with Crippen LogP contribution in [0.3, 0.4) is 0 Å². The molecular formula is C9H15N3O2. The van der Waals surface area contributed by atoms with Crippen molar-refractivity contribution in [1.29, 1.82) is 0 Å². The van der Waals surface area contributed by atoms with E-state index >= 15 is 0 Å². The normalized spacial score (nSPS) is 41.5. The summed E-state index contributed by atoms with van der Waals surface area (Å²) in [5, 5.41) is 3.55. The summed E-state index contributed by atoms with van der Waals surface area (Å²) in [4.78, 5) is 2.75. The first kappa shape index (κ1) is 9.77. The highest BCUT2D eigenvalue weighted by Crippen LogP contribution is 2.41. The molecular weight excluding hydrogens is 182 g/mol. The minimum atomic E-state index is -0.0877. The monoisotopic (exact) mass is 197 g/mol. The number of ether oxygens (including phenoxy) is 2. The van der Waals surface area contributed by atoms with Crippen LogP contribution in [0.25, 0.3) is 10.4 Å². The van der Waals surface area contributed by atoms with Crippen LogP contribution >= 0.6 is 0 Å². The van der Waals surface area contributed by atoms with Crippen LogP contribution < -0.4 is 0 Å². The molecule has 1 spiro atoms. The molecule has 2 aliphatic heterocycles. The number of azide groups is 1. The van der Waals surface area contributed by atoms with Gasteiger partial charge in [0.15, 0.2) is 0 Å². The van der Waals surface area contributed by atoms with Crippen molar-refractivity contribution < 1.29 is 9.47 Å². The number of hydrogen-bond acceptors (Lipinski definition) is 3. The second-order valence-electron chi connectivity index (χ2n) is 4.02. The van der Waals surface area contributed by atoms with Gasteiger partial charge in [-0.05, 0) is 25.3 Å². The van der Waals surface area contributed by atoms with Crippen LogP contribution in [0.2, 0.25) is 0 Å². The van der Waals surface area contributed by atoms with Crippen molar-refractivity contribution in [3.8, 4) is 0 Å². The Morgan fingerprint density at radius 1 is 1.57 bits per heavy atom. The third kappa shape index (κ3) is 1.59. The van der Waals surface area contributed by atoms with Gasteiger partial charge in [0, 0.05) is 17.9 Å². The molecule has 0 radical (unpaired) electrons. The lowest BCUT2D eigenvalue weighted by atomic mass is 9.93. The van der Waals surface area contributed by atoms with Crippen LogP contribution in [0.1, 0.15) is 26.2 Å². The molecule has 3 atom stereocenters. The molecule has 2 fully saturated rings. The van der Waals surface area contributed by atoms with Gasteiger partial charge in [0.05, 0.1) is 24.4 Å². The maximum absolute atomic E-state index is 8.21. The molecule has 2 rings (SSSR count). The summed E-state index contributed by atoms with van der Waals surface area (Å²) in [5.74, 6) is 0. The Kier molecular flexibility index (Phi) is 2.63. The first-order chi connectivity index (χ1) is 6.77. The van der Waals surface area contributed by atoms with Crippen LogP contribution in [0.15, 0.2) is 5.11 Å². The summed E-state index contributed by atoms with van der Waals surface area (Å²) in [6.07, 6.45) is 3.25. The van der Waals surface area contributed by atoms with Crippen molar-refractivity contribution in [2.45, 2.75) is 44.0 Å². The van der Waals surface area contributed by atoms with E-state index in [-0.39, 0.29) is 17.8 Å². The van der Waals surface area contributed by atoms with E-state index in [0.717, 1.165) is 25.9 Å². The molecule has 5 heteroatoms. The number of nitrogens with zero attached hydrogens (tertiary/aromatic N) is 3. The van der Waals surface area contributed by atoms with Gasteiger partial charge in [-0.15, -0.1) is 0 Å². The second-order valence-corrected chi connectivity index (χ2v) is 4.02. The predicted octanol–water partition coefficient (Wildman–Crippen LogP) is 2.02. The van der Waals surface area contributed by atoms with E-state index in [9.17, 15) is 0 Å². The molecule has 0 N–H and O–H groups in total. The van der Waals surface area contributed by atoms with Gasteiger partial charge in [-0.1, -0.05) is 5.11 Å². The highest BCUT2D eigenvalue weighted by Gasteiger charge is 2.47. The number of hydrogen-bond donors (Lipinski definition) is 0. The molecule has 0 aromatic heterocycles. The molecule has 2 heterocycles. The van der Waals surface area contributed by atoms with Gasteiger partial charge in [0.25, 0.3) is 0 Å². The third-order valence-corrected chi connectivity index (χ3v) is 3.27. The van der Waals surface area contributed by atoms with E-state index in [1.54, 1.807) is 0 Å². The zero-order valence-electron chi connectivity index (χ0n) is 8.35. The highest BCUT2D eigenvalue weighted by atomic mass is 16.6. The molecule has 5 nitrogen and oxygen atoms in total. The fraction of sp³-hybridized carbons (Fsp3) is 1.00. The zero-order chi connectivity index (χ0) is 10.0. The van der Waals surface area contributed by atoms with E-state index in [0.29, 0.717) is 6.54 Å². The molecule has 0 aromatic rings. The smallest absolute Gasteiger partial charge is 0.0966 e. The molecule has 3 unspecified atom stereocenters. The van der Waals surface area contributed by atoms with E-state index in [4.69, 9.17) is 15.0 Å². The van der Waals surface area contributed by atoms with Gasteiger partial charge in [0.1, 0.15) is 0 Å². The Hall–Kier alpha value is -0.770. The van der Waals surface area contributed by atoms with Crippen LogP contribution in [0.4, 0.5) is 0 Å². The summed E-state index contributed by atoms with van der Waals surface area (Å²) in [6, 6.07) is 0. The number of rotatable bonds is 2. The highest BCUT2D eigenvalue weighted by molar-refractivity contribution is 4.97. The molecule has 0 saturated carbocycles. The molecule has 78 valence electrons. The molecule has 0 bridgehead atoms. The maximum atomic E-state index is 8.21. The van der Waals surface area contributed by atoms with Crippen molar-refractivity contribution in [3.63, 3.8) is 0 Å². The lowest BCUT2D eigenvalue weighted by Crippen LogP contribution is -2.36. The van der Waals surface area contributed by atoms with Crippen molar-refractivity contribution >= 4 is 0 Å². The standard InChI is InChI=1S/C9H15N3O2/c1-7-9(4-5-13-7)3-2-8(14-9)6-11-12-10/h7-8H,2-6H2,1H3. The van der Waals surface area contributed by atoms with Crippen LogP contribution in [0.5, 0.6) is 0 Å². The topological polar surface area (TPSA) is 67.2 Å². The molecule has 2 saturated heterocycles. The van der Waals surface area contributed by atoms with Crippen LogP contribution in [-0.4, -0.2) is 31.0 Å². The fourth-order valence-corrected chi connectivity index (χ4v) is 2.36. The minimum Gasteiger partial charge on any atom is -0.375 e. The van der Waals surface area contributed by atoms with Gasteiger partial charge in [-0.3, -0.25) is 0 Å². The summed E-state index contributed by atoms with van der Waals surface area (Å²) < 4.78 is 11.4. The molecule has 0 aliphatic carbocycles. The van der Waals surface area contributed by atoms with E-state index in [2.05, 4.69) is 16.9 Å². The Bertz CT molecular complexity index is 265. The van der Waals surface area contributed by atoms with Gasteiger partial charge in [-0.2, -0.15) is 0 Å². The summed E-state index contributed by atoms with van der Waals surface area (Å²) in [7, 11) is 0. The lowest BCUT2D eigenvalue weighted by Gasteiger charge is -2.27. The van der Waals surface area contributed by atoms with Crippen molar-refractivity contribution in [2.24, 2.45) is 5.11 Å². The second kappa shape index (κ2) is 3.77. The largest absolute Gasteiger partial charge is 0.375 e. The van der Waals surface area contributed by atoms with Crippen LogP contribution in [-0.2, 0) is 9.47 Å². The quantitative estimate of drug-likeness (QED) is 0.386. The van der Waals surface area contributed by atoms with Crippen molar-refractivity contribution in [3.05, 3.63) is 10.4 Å². The zero-order valence-corrected chi connectivity index (χ0v) is 8.35. The third-order valence-electron chi connectivity index (χ3n) is 3.27. The minimum absolute atomic E-state index is 0.0877. The van der Waals surface area contributed by atoms with Crippen LogP contribution in [0, 0.1) is 0 Å². The first-order valence-electron chi connectivity index (χ1n) is 5.07. The SMILES string of the molecule is CC1OCCC12CCC(CN=[N+]=[N-])O2. The lowest BCUT2D eigenvalue weighted by molar-refractivity contribution is -0.0753. The van der Waals surface area contributed by atoms with Gasteiger partial charge < -0.3 is 9.47 Å². The molecule has 0 aromatic carbocycles. The van der Waals surface area contributed by atoms with Crippen molar-refractivity contribution in [2.75, 3.05) is 13.2 Å². The van der Waals surface area contributed by atoms with Gasteiger partial charge >= 0.3 is 0 Å².